The van der Waals surface area contributed by atoms with E-state index in [1.165, 1.54) is 24.6 Å². The number of fused-ring (bicyclic) bond motifs is 1. The van der Waals surface area contributed by atoms with Crippen LogP contribution in [0.5, 0.6) is 0 Å². The molecule has 11 heteroatoms. The molecule has 2 N–H and O–H groups in total. The van der Waals surface area contributed by atoms with E-state index in [2.05, 4.69) is 9.97 Å². The number of carbonyl (C=O) groups excluding carboxylic acids is 2. The molecule has 4 atom stereocenters. The number of nitrogens with two attached hydrogens (primary N) is 1. The van der Waals surface area contributed by atoms with E-state index < -0.39 is 36.5 Å². The Morgan fingerprint density at radius 1 is 1.32 bits per heavy atom. The normalized spacial score (nSPS) is 21.9. The predicted octanol–water partition coefficient (Wildman–Crippen LogP) is 1.54. The Kier molecular flexibility index (Phi) is 6.94. The molecule has 2 aromatic heterocycles. The first-order valence-electron chi connectivity index (χ1n) is 10.5. The van der Waals surface area contributed by atoms with E-state index in [0.29, 0.717) is 24.1 Å². The summed E-state index contributed by atoms with van der Waals surface area (Å²) in [5, 5.41) is 0. The van der Waals surface area contributed by atoms with Gasteiger partial charge in [-0.1, -0.05) is 20.3 Å². The van der Waals surface area contributed by atoms with Crippen LogP contribution in [0.3, 0.4) is 0 Å². The molecular weight excluding hydrogens is 406 g/mol. The Hall–Kier alpha value is -2.95. The largest absolute Gasteiger partial charge is 0.460 e. The van der Waals surface area contributed by atoms with Gasteiger partial charge >= 0.3 is 17.6 Å². The highest BCUT2D eigenvalue weighted by molar-refractivity contribution is 5.72. The van der Waals surface area contributed by atoms with Gasteiger partial charge in [0.2, 0.25) is 5.95 Å². The second-order valence-electron chi connectivity index (χ2n) is 7.60. The third-order valence-corrected chi connectivity index (χ3v) is 5.26. The number of ether oxygens (including phenoxy) is 3. The van der Waals surface area contributed by atoms with Crippen LogP contribution in [-0.2, 0) is 30.3 Å². The lowest BCUT2D eigenvalue weighted by atomic mass is 10.1. The summed E-state index contributed by atoms with van der Waals surface area (Å²) in [6, 6.07) is 0. The van der Waals surface area contributed by atoms with Crippen LogP contribution in [0.2, 0.25) is 0 Å². The first-order chi connectivity index (χ1) is 14.8. The van der Waals surface area contributed by atoms with Gasteiger partial charge in [0.1, 0.15) is 23.8 Å². The molecule has 11 nitrogen and oxygen atoms in total. The molecule has 2 aromatic rings. The van der Waals surface area contributed by atoms with Gasteiger partial charge in [-0.05, 0) is 12.8 Å². The number of hydrogen-bond donors (Lipinski definition) is 1. The van der Waals surface area contributed by atoms with Crippen molar-refractivity contribution in [2.75, 3.05) is 5.73 Å². The van der Waals surface area contributed by atoms with Crippen LogP contribution in [0.25, 0.3) is 11.2 Å². The van der Waals surface area contributed by atoms with Crippen LogP contribution in [0, 0.1) is 0 Å². The molecule has 0 bridgehead atoms. The Morgan fingerprint density at radius 3 is 2.68 bits per heavy atom. The first kappa shape index (κ1) is 22.7. The maximum absolute atomic E-state index is 13.4. The van der Waals surface area contributed by atoms with E-state index in [0.717, 1.165) is 12.8 Å². The number of imidazole rings is 1. The highest BCUT2D eigenvalue weighted by Crippen LogP contribution is 2.35. The second-order valence-corrected chi connectivity index (χ2v) is 7.60. The maximum Gasteiger partial charge on any atom is 0.332 e. The van der Waals surface area contributed by atoms with Gasteiger partial charge in [0.15, 0.2) is 11.9 Å². The summed E-state index contributed by atoms with van der Waals surface area (Å²) in [6.45, 7) is 6.98. The van der Waals surface area contributed by atoms with Gasteiger partial charge in [-0.2, -0.15) is 4.98 Å². The highest BCUT2D eigenvalue weighted by Gasteiger charge is 2.44. The van der Waals surface area contributed by atoms with E-state index in [9.17, 15) is 14.4 Å². The van der Waals surface area contributed by atoms with Crippen molar-refractivity contribution in [3.05, 3.63) is 16.7 Å². The van der Waals surface area contributed by atoms with Crippen LogP contribution in [0.1, 0.15) is 59.6 Å². The lowest BCUT2D eigenvalue weighted by Gasteiger charge is -2.22. The zero-order valence-electron chi connectivity index (χ0n) is 18.2. The van der Waals surface area contributed by atoms with Crippen molar-refractivity contribution in [1.82, 2.24) is 19.1 Å². The molecule has 0 radical (unpaired) electrons. The number of rotatable bonds is 8. The van der Waals surface area contributed by atoms with Crippen LogP contribution >= 0.6 is 0 Å². The number of nitrogens with zero attached hydrogens (tertiary/aromatic N) is 4. The van der Waals surface area contributed by atoms with Crippen LogP contribution < -0.4 is 11.4 Å². The molecule has 0 aliphatic carbocycles. The van der Waals surface area contributed by atoms with Crippen molar-refractivity contribution in [3.63, 3.8) is 0 Å². The lowest BCUT2D eigenvalue weighted by molar-refractivity contribution is -0.158. The summed E-state index contributed by atoms with van der Waals surface area (Å²) < 4.78 is 19.9. The fourth-order valence-corrected chi connectivity index (χ4v) is 3.92. The van der Waals surface area contributed by atoms with Gasteiger partial charge in [-0.25, -0.2) is 14.3 Å². The predicted molar refractivity (Wildman–Crippen MR) is 111 cm³/mol. The molecular formula is C20H29N5O6. The van der Waals surface area contributed by atoms with Crippen molar-refractivity contribution < 1.29 is 23.8 Å². The molecule has 31 heavy (non-hydrogen) atoms. The zero-order chi connectivity index (χ0) is 22.7. The molecule has 0 saturated carbocycles. The monoisotopic (exact) mass is 435 g/mol. The van der Waals surface area contributed by atoms with Crippen molar-refractivity contribution in [2.24, 2.45) is 0 Å². The molecule has 0 aromatic carbocycles. The molecule has 0 spiro atoms. The smallest absolute Gasteiger partial charge is 0.332 e. The van der Waals surface area contributed by atoms with E-state index in [1.807, 2.05) is 13.8 Å². The number of hydrogen-bond acceptors (Lipinski definition) is 9. The number of aromatic nitrogens is 4. The quantitative estimate of drug-likeness (QED) is 0.611. The first-order valence-corrected chi connectivity index (χ1v) is 10.5. The second kappa shape index (κ2) is 9.46. The minimum atomic E-state index is -0.939. The van der Waals surface area contributed by atoms with Crippen molar-refractivity contribution in [2.45, 2.75) is 84.5 Å². The molecule has 3 heterocycles. The number of aryl methyl sites for hydroxylation is 1. The van der Waals surface area contributed by atoms with Gasteiger partial charge in [0.25, 0.3) is 0 Å². The average Bonchev–Trinajstić information content (AvgIpc) is 3.21. The van der Waals surface area contributed by atoms with E-state index >= 15 is 0 Å². The molecule has 1 unspecified atom stereocenters. The Bertz CT molecular complexity index is 1020. The average molecular weight is 435 g/mol. The lowest BCUT2D eigenvalue weighted by Crippen LogP contribution is -2.34. The topological polar surface area (TPSA) is 141 Å². The van der Waals surface area contributed by atoms with Crippen LogP contribution in [-0.4, -0.2) is 49.4 Å². The maximum atomic E-state index is 13.4. The summed E-state index contributed by atoms with van der Waals surface area (Å²) in [7, 11) is 0. The van der Waals surface area contributed by atoms with E-state index in [-0.39, 0.29) is 18.1 Å². The van der Waals surface area contributed by atoms with Crippen LogP contribution in [0.4, 0.5) is 5.95 Å². The highest BCUT2D eigenvalue weighted by atomic mass is 16.6. The summed E-state index contributed by atoms with van der Waals surface area (Å²) in [5.41, 5.74) is 6.26. The summed E-state index contributed by atoms with van der Waals surface area (Å²) in [4.78, 5) is 44.9. The Balaban J connectivity index is 2.08. The fourth-order valence-electron chi connectivity index (χ4n) is 3.92. The zero-order valence-corrected chi connectivity index (χ0v) is 18.2. The van der Waals surface area contributed by atoms with Gasteiger partial charge in [0.05, 0.1) is 6.20 Å². The van der Waals surface area contributed by atoms with Gasteiger partial charge in [-0.15, -0.1) is 0 Å². The minimum absolute atomic E-state index is 0.0128. The van der Waals surface area contributed by atoms with Gasteiger partial charge in [-0.3, -0.25) is 14.2 Å². The number of carbonyl (C=O) groups is 2. The van der Waals surface area contributed by atoms with Crippen LogP contribution in [0.15, 0.2) is 11.0 Å². The molecule has 1 aliphatic rings. The molecule has 3 rings (SSSR count). The molecule has 1 fully saturated rings. The van der Waals surface area contributed by atoms with E-state index in [1.54, 1.807) is 4.57 Å². The molecule has 1 saturated heterocycles. The molecule has 0 amide bonds. The molecule has 1 aliphatic heterocycles. The van der Waals surface area contributed by atoms with Gasteiger partial charge in [0, 0.05) is 26.8 Å². The number of esters is 2. The van der Waals surface area contributed by atoms with Crippen molar-refractivity contribution in [3.8, 4) is 0 Å². The third-order valence-electron chi connectivity index (χ3n) is 5.26. The fraction of sp³-hybridized carbons (Fsp3) is 0.650. The van der Waals surface area contributed by atoms with Crippen molar-refractivity contribution in [1.29, 1.82) is 0 Å². The van der Waals surface area contributed by atoms with Gasteiger partial charge < -0.3 is 19.9 Å². The number of nitrogen functional groups attached to an aromatic ring is 1. The van der Waals surface area contributed by atoms with Crippen molar-refractivity contribution >= 4 is 29.1 Å². The summed E-state index contributed by atoms with van der Waals surface area (Å²) >= 11 is 0. The molecule has 170 valence electrons. The van der Waals surface area contributed by atoms with E-state index in [4.69, 9.17) is 19.9 Å². The summed E-state index contributed by atoms with van der Waals surface area (Å²) in [6.07, 6.45) is 1.18. The number of anilines is 1. The Labute approximate surface area is 179 Å². The SMILES string of the molecule is CCCCn1c(=O)n([C@@H]2O[C@H](C(CC)OC(C)=O)C[C@H]2OC(C)=O)c2nc(N)ncc21. The Morgan fingerprint density at radius 2 is 2.06 bits per heavy atom. The number of unbranched alkanes of at least 4 members (excludes halogenated alkanes) is 1. The minimum Gasteiger partial charge on any atom is -0.460 e. The summed E-state index contributed by atoms with van der Waals surface area (Å²) in [5.74, 6) is -0.924. The third kappa shape index (κ3) is 4.71. The standard InChI is InChI=1S/C20H29N5O6/c1-5-7-8-24-13-10-22-19(21)23-17(13)25(20(24)28)18-16(30-12(4)27)9-15(31-18)14(6-2)29-11(3)26/h10,14-16,18H,5-9H2,1-4H3,(H2,21,22,23)/t14?,15-,16+,18+/m0/s1.